The molecule has 1 aromatic heterocycles. The number of rotatable bonds is 1. The normalized spacial score (nSPS) is 21.0. The van der Waals surface area contributed by atoms with Crippen molar-refractivity contribution in [2.75, 3.05) is 24.5 Å². The standard InChI is InChI=1S/C13H15F3N4O.ClH/c14-13(15,16)11-18-6-9(7-19-11)20-8-12(5-10(20)21)1-3-17-4-2-12;/h6-7,17H,1-5,8H2;1H. The summed E-state index contributed by atoms with van der Waals surface area (Å²) in [5.74, 6) is -1.25. The van der Waals surface area contributed by atoms with E-state index >= 15 is 0 Å². The van der Waals surface area contributed by atoms with Gasteiger partial charge in [-0.2, -0.15) is 13.2 Å². The van der Waals surface area contributed by atoms with Crippen molar-refractivity contribution in [3.05, 3.63) is 18.2 Å². The maximum Gasteiger partial charge on any atom is 0.451 e. The largest absolute Gasteiger partial charge is 0.451 e. The Hall–Kier alpha value is -1.41. The number of alkyl halides is 3. The minimum Gasteiger partial charge on any atom is -0.317 e. The van der Waals surface area contributed by atoms with Gasteiger partial charge in [-0.15, -0.1) is 12.4 Å². The Labute approximate surface area is 131 Å². The smallest absolute Gasteiger partial charge is 0.317 e. The lowest BCUT2D eigenvalue weighted by Crippen LogP contribution is -2.38. The molecule has 1 spiro atoms. The van der Waals surface area contributed by atoms with Gasteiger partial charge in [0.2, 0.25) is 11.7 Å². The Balaban J connectivity index is 0.00000176. The molecular formula is C13H16ClF3N4O. The van der Waals surface area contributed by atoms with Crippen LogP contribution in [0, 0.1) is 5.41 Å². The number of hydrogen-bond donors (Lipinski definition) is 1. The highest BCUT2D eigenvalue weighted by atomic mass is 35.5. The predicted molar refractivity (Wildman–Crippen MR) is 75.8 cm³/mol. The lowest BCUT2D eigenvalue weighted by molar-refractivity contribution is -0.144. The van der Waals surface area contributed by atoms with E-state index in [4.69, 9.17) is 0 Å². The van der Waals surface area contributed by atoms with E-state index in [0.29, 0.717) is 18.7 Å². The highest BCUT2D eigenvalue weighted by Gasteiger charge is 2.44. The summed E-state index contributed by atoms with van der Waals surface area (Å²) in [5, 5.41) is 3.25. The number of anilines is 1. The molecule has 0 aliphatic carbocycles. The molecule has 0 aromatic carbocycles. The van der Waals surface area contributed by atoms with Crippen molar-refractivity contribution < 1.29 is 18.0 Å². The van der Waals surface area contributed by atoms with Gasteiger partial charge in [-0.3, -0.25) is 4.79 Å². The van der Waals surface area contributed by atoms with Crippen LogP contribution in [-0.2, 0) is 11.0 Å². The van der Waals surface area contributed by atoms with Crippen molar-refractivity contribution >= 4 is 24.0 Å². The highest BCUT2D eigenvalue weighted by Crippen LogP contribution is 2.41. The van der Waals surface area contributed by atoms with Crippen LogP contribution in [0.1, 0.15) is 25.1 Å². The maximum atomic E-state index is 12.4. The maximum absolute atomic E-state index is 12.4. The van der Waals surface area contributed by atoms with E-state index in [2.05, 4.69) is 15.3 Å². The van der Waals surface area contributed by atoms with Gasteiger partial charge in [-0.1, -0.05) is 0 Å². The van der Waals surface area contributed by atoms with Crippen molar-refractivity contribution in [1.82, 2.24) is 15.3 Å². The summed E-state index contributed by atoms with van der Waals surface area (Å²) >= 11 is 0. The van der Waals surface area contributed by atoms with Crippen LogP contribution >= 0.6 is 12.4 Å². The van der Waals surface area contributed by atoms with Gasteiger partial charge in [-0.05, 0) is 31.3 Å². The molecule has 122 valence electrons. The summed E-state index contributed by atoms with van der Waals surface area (Å²) in [4.78, 5) is 20.3. The van der Waals surface area contributed by atoms with Crippen LogP contribution in [0.15, 0.2) is 12.4 Å². The molecule has 2 fully saturated rings. The molecule has 0 atom stereocenters. The average molecular weight is 337 g/mol. The second-order valence-corrected chi connectivity index (χ2v) is 5.67. The molecule has 0 radical (unpaired) electrons. The quantitative estimate of drug-likeness (QED) is 0.852. The number of nitrogens with zero attached hydrogens (tertiary/aromatic N) is 3. The first kappa shape index (κ1) is 17.0. The summed E-state index contributed by atoms with van der Waals surface area (Å²) in [6.45, 7) is 2.26. The molecule has 2 saturated heterocycles. The van der Waals surface area contributed by atoms with Crippen LogP contribution in [0.2, 0.25) is 0 Å². The van der Waals surface area contributed by atoms with E-state index in [0.717, 1.165) is 38.3 Å². The number of carbonyl (C=O) groups is 1. The molecule has 0 unspecified atom stereocenters. The minimum absolute atomic E-state index is 0. The monoisotopic (exact) mass is 336 g/mol. The summed E-state index contributed by atoms with van der Waals surface area (Å²) in [6, 6.07) is 0. The Morgan fingerprint density at radius 1 is 1.18 bits per heavy atom. The number of carbonyl (C=O) groups excluding carboxylic acids is 1. The van der Waals surface area contributed by atoms with E-state index in [1.54, 1.807) is 0 Å². The summed E-state index contributed by atoms with van der Waals surface area (Å²) < 4.78 is 37.3. The van der Waals surface area contributed by atoms with Crippen molar-refractivity contribution in [3.63, 3.8) is 0 Å². The van der Waals surface area contributed by atoms with Crippen molar-refractivity contribution in [3.8, 4) is 0 Å². The zero-order valence-electron chi connectivity index (χ0n) is 11.7. The van der Waals surface area contributed by atoms with E-state index in [9.17, 15) is 18.0 Å². The number of halogens is 4. The SMILES string of the molecule is Cl.O=C1CC2(CCNCC2)CN1c1cnc(C(F)(F)F)nc1. The molecule has 22 heavy (non-hydrogen) atoms. The molecule has 3 rings (SSSR count). The Kier molecular flexibility index (Phi) is 4.62. The lowest BCUT2D eigenvalue weighted by atomic mass is 9.78. The third kappa shape index (κ3) is 3.17. The van der Waals surface area contributed by atoms with E-state index < -0.39 is 12.0 Å². The summed E-state index contributed by atoms with van der Waals surface area (Å²) in [5.41, 5.74) is 0.272. The summed E-state index contributed by atoms with van der Waals surface area (Å²) in [6.07, 6.45) is -0.172. The van der Waals surface area contributed by atoms with Gasteiger partial charge in [0.1, 0.15) is 0 Å². The first-order chi connectivity index (χ1) is 9.90. The first-order valence-corrected chi connectivity index (χ1v) is 6.80. The number of piperidine rings is 1. The van der Waals surface area contributed by atoms with Crippen molar-refractivity contribution in [2.24, 2.45) is 5.41 Å². The molecule has 1 N–H and O–H groups in total. The van der Waals surface area contributed by atoms with Crippen LogP contribution in [-0.4, -0.2) is 35.5 Å². The van der Waals surface area contributed by atoms with Crippen LogP contribution in [0.5, 0.6) is 0 Å². The molecule has 3 heterocycles. The van der Waals surface area contributed by atoms with E-state index in [1.807, 2.05) is 0 Å². The molecule has 2 aliphatic heterocycles. The molecule has 1 aromatic rings. The molecule has 9 heteroatoms. The molecule has 2 aliphatic rings. The van der Waals surface area contributed by atoms with Crippen molar-refractivity contribution in [1.29, 1.82) is 0 Å². The zero-order valence-corrected chi connectivity index (χ0v) is 12.5. The molecule has 0 saturated carbocycles. The zero-order chi connectivity index (χ0) is 15.1. The number of aromatic nitrogens is 2. The third-order valence-corrected chi connectivity index (χ3v) is 4.19. The number of amides is 1. The van der Waals surface area contributed by atoms with Crippen molar-refractivity contribution in [2.45, 2.75) is 25.4 Å². The van der Waals surface area contributed by atoms with Gasteiger partial charge in [0.05, 0.1) is 18.1 Å². The number of hydrogen-bond acceptors (Lipinski definition) is 4. The average Bonchev–Trinajstić information content (AvgIpc) is 2.75. The van der Waals surface area contributed by atoms with E-state index in [1.165, 1.54) is 4.90 Å². The van der Waals surface area contributed by atoms with Crippen LogP contribution in [0.25, 0.3) is 0 Å². The van der Waals surface area contributed by atoms with Gasteiger partial charge < -0.3 is 10.2 Å². The topological polar surface area (TPSA) is 58.1 Å². The second-order valence-electron chi connectivity index (χ2n) is 5.67. The van der Waals surface area contributed by atoms with Gasteiger partial charge in [-0.25, -0.2) is 9.97 Å². The lowest BCUT2D eigenvalue weighted by Gasteiger charge is -2.32. The van der Waals surface area contributed by atoms with Crippen LogP contribution in [0.3, 0.4) is 0 Å². The summed E-state index contributed by atoms with van der Waals surface area (Å²) in [7, 11) is 0. The molecular weight excluding hydrogens is 321 g/mol. The van der Waals surface area contributed by atoms with Gasteiger partial charge in [0.25, 0.3) is 0 Å². The highest BCUT2D eigenvalue weighted by molar-refractivity contribution is 5.96. The molecule has 0 bridgehead atoms. The first-order valence-electron chi connectivity index (χ1n) is 6.80. The minimum atomic E-state index is -4.57. The number of nitrogens with one attached hydrogen (secondary N) is 1. The fourth-order valence-corrected chi connectivity index (χ4v) is 3.03. The second kappa shape index (κ2) is 6.00. The Morgan fingerprint density at radius 3 is 2.32 bits per heavy atom. The Morgan fingerprint density at radius 2 is 1.77 bits per heavy atom. The molecule has 5 nitrogen and oxygen atoms in total. The van der Waals surface area contributed by atoms with Gasteiger partial charge in [0.15, 0.2) is 0 Å². The molecule has 1 amide bonds. The van der Waals surface area contributed by atoms with E-state index in [-0.39, 0.29) is 23.7 Å². The fraction of sp³-hybridized carbons (Fsp3) is 0.615. The Bertz CT molecular complexity index is 543. The predicted octanol–water partition coefficient (Wildman–Crippen LogP) is 2.02. The third-order valence-electron chi connectivity index (χ3n) is 4.19. The van der Waals surface area contributed by atoms with Crippen LogP contribution < -0.4 is 10.2 Å². The fourth-order valence-electron chi connectivity index (χ4n) is 3.03. The van der Waals surface area contributed by atoms with Gasteiger partial charge in [0, 0.05) is 13.0 Å². The van der Waals surface area contributed by atoms with Gasteiger partial charge >= 0.3 is 6.18 Å². The van der Waals surface area contributed by atoms with Crippen LogP contribution in [0.4, 0.5) is 18.9 Å².